The Labute approximate surface area is 63.5 Å². The molecule has 0 spiro atoms. The van der Waals surface area contributed by atoms with Crippen molar-refractivity contribution in [3.8, 4) is 0 Å². The Bertz CT molecular complexity index is 147. The molecule has 0 bridgehead atoms. The van der Waals surface area contributed by atoms with Gasteiger partial charge in [0.2, 0.25) is 0 Å². The average Bonchev–Trinajstić information content (AvgIpc) is 2.35. The number of nitrogens with one attached hydrogen (secondary N) is 1. The van der Waals surface area contributed by atoms with Crippen LogP contribution < -0.4 is 5.32 Å². The van der Waals surface area contributed by atoms with E-state index in [1.54, 1.807) is 0 Å². The first-order valence-corrected chi connectivity index (χ1v) is 3.92. The van der Waals surface area contributed by atoms with Crippen LogP contribution in [0.1, 0.15) is 27.7 Å². The maximum absolute atomic E-state index is 3.29. The SMILES string of the molecule is C/C(=C\C(C)(C)C)[C@H]1CN1. The zero-order valence-electron chi connectivity index (χ0n) is 7.36. The van der Waals surface area contributed by atoms with Crippen LogP contribution in [-0.2, 0) is 0 Å². The van der Waals surface area contributed by atoms with Crippen molar-refractivity contribution in [1.82, 2.24) is 5.32 Å². The molecule has 0 amide bonds. The van der Waals surface area contributed by atoms with Gasteiger partial charge in [0.15, 0.2) is 0 Å². The van der Waals surface area contributed by atoms with Crippen molar-refractivity contribution < 1.29 is 0 Å². The molecule has 0 unspecified atom stereocenters. The largest absolute Gasteiger partial charge is 0.307 e. The minimum Gasteiger partial charge on any atom is -0.307 e. The Kier molecular flexibility index (Phi) is 1.86. The van der Waals surface area contributed by atoms with Gasteiger partial charge in [-0.05, 0) is 12.3 Å². The highest BCUT2D eigenvalue weighted by atomic mass is 15.1. The highest BCUT2D eigenvalue weighted by molar-refractivity contribution is 5.17. The van der Waals surface area contributed by atoms with Crippen molar-refractivity contribution in [2.75, 3.05) is 6.54 Å². The van der Waals surface area contributed by atoms with Gasteiger partial charge in [-0.2, -0.15) is 0 Å². The van der Waals surface area contributed by atoms with E-state index in [4.69, 9.17) is 0 Å². The van der Waals surface area contributed by atoms with E-state index >= 15 is 0 Å². The maximum Gasteiger partial charge on any atom is 0.0404 e. The van der Waals surface area contributed by atoms with E-state index in [-0.39, 0.29) is 0 Å². The predicted molar refractivity (Wildman–Crippen MR) is 45.0 cm³/mol. The first-order valence-electron chi connectivity index (χ1n) is 3.92. The summed E-state index contributed by atoms with van der Waals surface area (Å²) < 4.78 is 0. The van der Waals surface area contributed by atoms with E-state index in [1.165, 1.54) is 12.1 Å². The molecular formula is C9H17N. The van der Waals surface area contributed by atoms with E-state index in [0.29, 0.717) is 11.5 Å². The van der Waals surface area contributed by atoms with Crippen LogP contribution in [-0.4, -0.2) is 12.6 Å². The summed E-state index contributed by atoms with van der Waals surface area (Å²) >= 11 is 0. The minimum atomic E-state index is 0.342. The van der Waals surface area contributed by atoms with Crippen molar-refractivity contribution in [2.24, 2.45) is 5.41 Å². The molecule has 0 aromatic heterocycles. The van der Waals surface area contributed by atoms with Crippen LogP contribution in [0.25, 0.3) is 0 Å². The molecule has 10 heavy (non-hydrogen) atoms. The monoisotopic (exact) mass is 139 g/mol. The van der Waals surface area contributed by atoms with Gasteiger partial charge in [-0.15, -0.1) is 0 Å². The molecule has 1 heteroatoms. The van der Waals surface area contributed by atoms with E-state index in [2.05, 4.69) is 39.1 Å². The van der Waals surface area contributed by atoms with Gasteiger partial charge in [0.25, 0.3) is 0 Å². The van der Waals surface area contributed by atoms with Crippen LogP contribution in [0.4, 0.5) is 0 Å². The second-order valence-corrected chi connectivity index (χ2v) is 4.22. The van der Waals surface area contributed by atoms with Gasteiger partial charge in [-0.1, -0.05) is 32.4 Å². The van der Waals surface area contributed by atoms with E-state index in [1.807, 2.05) is 0 Å². The van der Waals surface area contributed by atoms with Crippen LogP contribution >= 0.6 is 0 Å². The molecule has 1 aliphatic heterocycles. The molecule has 0 aromatic carbocycles. The summed E-state index contributed by atoms with van der Waals surface area (Å²) in [5.41, 5.74) is 1.83. The number of hydrogen-bond donors (Lipinski definition) is 1. The Morgan fingerprint density at radius 1 is 1.50 bits per heavy atom. The fourth-order valence-corrected chi connectivity index (χ4v) is 1.16. The highest BCUT2D eigenvalue weighted by Gasteiger charge is 2.22. The third kappa shape index (κ3) is 2.53. The van der Waals surface area contributed by atoms with Crippen LogP contribution in [0.3, 0.4) is 0 Å². The lowest BCUT2D eigenvalue weighted by atomic mass is 9.93. The quantitative estimate of drug-likeness (QED) is 0.435. The van der Waals surface area contributed by atoms with Crippen molar-refractivity contribution in [3.63, 3.8) is 0 Å². The summed E-state index contributed by atoms with van der Waals surface area (Å²) in [4.78, 5) is 0. The summed E-state index contributed by atoms with van der Waals surface area (Å²) in [6.07, 6.45) is 2.34. The molecule has 58 valence electrons. The molecule has 1 rings (SSSR count). The maximum atomic E-state index is 3.29. The Morgan fingerprint density at radius 2 is 2.00 bits per heavy atom. The van der Waals surface area contributed by atoms with Gasteiger partial charge in [0, 0.05) is 12.6 Å². The Balaban J connectivity index is 2.51. The van der Waals surface area contributed by atoms with Crippen LogP contribution in [0.5, 0.6) is 0 Å². The number of hydrogen-bond acceptors (Lipinski definition) is 1. The molecule has 0 radical (unpaired) electrons. The second kappa shape index (κ2) is 2.39. The highest BCUT2D eigenvalue weighted by Crippen LogP contribution is 2.21. The van der Waals surface area contributed by atoms with Crippen molar-refractivity contribution in [1.29, 1.82) is 0 Å². The van der Waals surface area contributed by atoms with Crippen LogP contribution in [0, 0.1) is 5.41 Å². The molecule has 0 aromatic rings. The topological polar surface area (TPSA) is 21.9 Å². The summed E-state index contributed by atoms with van der Waals surface area (Å²) in [5, 5.41) is 3.29. The fraction of sp³-hybridized carbons (Fsp3) is 0.778. The first kappa shape index (κ1) is 7.80. The zero-order chi connectivity index (χ0) is 7.78. The van der Waals surface area contributed by atoms with Gasteiger partial charge >= 0.3 is 0 Å². The van der Waals surface area contributed by atoms with Crippen molar-refractivity contribution >= 4 is 0 Å². The van der Waals surface area contributed by atoms with Crippen LogP contribution in [0.2, 0.25) is 0 Å². The van der Waals surface area contributed by atoms with E-state index < -0.39 is 0 Å². The van der Waals surface area contributed by atoms with Gasteiger partial charge in [0.1, 0.15) is 0 Å². The lowest BCUT2D eigenvalue weighted by Gasteiger charge is -2.13. The third-order valence-electron chi connectivity index (χ3n) is 1.62. The molecule has 1 nitrogen and oxygen atoms in total. The summed E-state index contributed by atoms with van der Waals surface area (Å²) in [6, 6.07) is 0.694. The zero-order valence-corrected chi connectivity index (χ0v) is 7.36. The third-order valence-corrected chi connectivity index (χ3v) is 1.62. The molecule has 1 heterocycles. The van der Waals surface area contributed by atoms with E-state index in [0.717, 1.165) is 0 Å². The minimum absolute atomic E-state index is 0.342. The van der Waals surface area contributed by atoms with Crippen LogP contribution in [0.15, 0.2) is 11.6 Å². The summed E-state index contributed by atoms with van der Waals surface area (Å²) in [6.45, 7) is 10.1. The fourth-order valence-electron chi connectivity index (χ4n) is 1.16. The lowest BCUT2D eigenvalue weighted by Crippen LogP contribution is -2.03. The van der Waals surface area contributed by atoms with Crippen molar-refractivity contribution in [3.05, 3.63) is 11.6 Å². The number of rotatable bonds is 1. The van der Waals surface area contributed by atoms with Crippen molar-refractivity contribution in [2.45, 2.75) is 33.7 Å². The molecule has 1 fully saturated rings. The normalized spacial score (nSPS) is 26.8. The lowest BCUT2D eigenvalue weighted by molar-refractivity contribution is 0.538. The standard InChI is InChI=1S/C9H17N/c1-7(8-6-10-8)5-9(2,3)4/h5,8,10H,6H2,1-4H3/b7-5+/t8-/m1/s1. The molecule has 0 saturated carbocycles. The summed E-state index contributed by atoms with van der Waals surface area (Å²) in [7, 11) is 0. The molecular weight excluding hydrogens is 122 g/mol. The van der Waals surface area contributed by atoms with E-state index in [9.17, 15) is 0 Å². The predicted octanol–water partition coefficient (Wildman–Crippen LogP) is 1.95. The Morgan fingerprint density at radius 3 is 2.30 bits per heavy atom. The first-order chi connectivity index (χ1) is 4.49. The molecule has 1 N–H and O–H groups in total. The molecule has 1 aliphatic rings. The van der Waals surface area contributed by atoms with Gasteiger partial charge in [-0.25, -0.2) is 0 Å². The van der Waals surface area contributed by atoms with Gasteiger partial charge in [-0.3, -0.25) is 0 Å². The molecule has 1 saturated heterocycles. The Hall–Kier alpha value is -0.300. The van der Waals surface area contributed by atoms with Gasteiger partial charge < -0.3 is 5.32 Å². The summed E-state index contributed by atoms with van der Waals surface area (Å²) in [5.74, 6) is 0. The second-order valence-electron chi connectivity index (χ2n) is 4.22. The molecule has 1 atom stereocenters. The molecule has 0 aliphatic carbocycles. The number of allylic oxidation sites excluding steroid dienone is 1. The van der Waals surface area contributed by atoms with Gasteiger partial charge in [0.05, 0.1) is 0 Å². The average molecular weight is 139 g/mol. The smallest absolute Gasteiger partial charge is 0.0404 e.